The Bertz CT molecular complexity index is 768. The average Bonchev–Trinajstić information content (AvgIpc) is 2.87. The van der Waals surface area contributed by atoms with E-state index in [-0.39, 0.29) is 0 Å². The lowest BCUT2D eigenvalue weighted by atomic mass is 9.93. The number of nitrogens with two attached hydrogens (primary N) is 1. The third kappa shape index (κ3) is 2.24. The number of allylic oxidation sites excluding steroid dienone is 1. The molecule has 0 radical (unpaired) electrons. The van der Waals surface area contributed by atoms with Gasteiger partial charge in [-0.3, -0.25) is 5.43 Å². The van der Waals surface area contributed by atoms with Crippen LogP contribution >= 0.6 is 0 Å². The van der Waals surface area contributed by atoms with Gasteiger partial charge in [0.05, 0.1) is 30.0 Å². The number of hydrazine groups is 2. The van der Waals surface area contributed by atoms with Crippen LogP contribution < -0.4 is 16.2 Å². The molecule has 0 amide bonds. The lowest BCUT2D eigenvalue weighted by molar-refractivity contribution is 0.338. The molecule has 3 N–H and O–H groups in total. The SMILES string of the molecule is CN1CN(c2ccc(F)cc2F)CC2=C1C1=CN(N)NC1=CC2. The Morgan fingerprint density at radius 3 is 2.87 bits per heavy atom. The van der Waals surface area contributed by atoms with Crippen LogP contribution in [0.25, 0.3) is 0 Å². The molecule has 1 aromatic carbocycles. The molecule has 7 heteroatoms. The molecule has 3 aliphatic rings. The maximum atomic E-state index is 14.1. The minimum atomic E-state index is -0.563. The summed E-state index contributed by atoms with van der Waals surface area (Å²) in [4.78, 5) is 3.98. The Morgan fingerprint density at radius 2 is 2.09 bits per heavy atom. The summed E-state index contributed by atoms with van der Waals surface area (Å²) >= 11 is 0. The Kier molecular flexibility index (Phi) is 3.05. The first-order valence-corrected chi connectivity index (χ1v) is 7.39. The highest BCUT2D eigenvalue weighted by Crippen LogP contribution is 2.37. The summed E-state index contributed by atoms with van der Waals surface area (Å²) < 4.78 is 27.2. The summed E-state index contributed by atoms with van der Waals surface area (Å²) in [5.41, 5.74) is 7.85. The quantitative estimate of drug-likeness (QED) is 0.774. The van der Waals surface area contributed by atoms with Gasteiger partial charge in [-0.05, 0) is 24.1 Å². The molecule has 0 fully saturated rings. The molecule has 0 unspecified atom stereocenters. The number of nitrogens with zero attached hydrogens (tertiary/aromatic N) is 3. The first-order chi connectivity index (χ1) is 11.0. The minimum Gasteiger partial charge on any atom is -0.356 e. The second-order valence-electron chi connectivity index (χ2n) is 5.97. The van der Waals surface area contributed by atoms with E-state index in [1.807, 2.05) is 18.1 Å². The molecule has 2 aliphatic heterocycles. The fraction of sp³-hybridized carbons (Fsp3) is 0.250. The molecule has 0 saturated heterocycles. The van der Waals surface area contributed by atoms with Gasteiger partial charge in [-0.1, -0.05) is 6.08 Å². The predicted octanol–water partition coefficient (Wildman–Crippen LogP) is 1.79. The molecule has 4 rings (SSSR count). The van der Waals surface area contributed by atoms with Gasteiger partial charge >= 0.3 is 0 Å². The molecule has 0 spiro atoms. The number of benzene rings is 1. The van der Waals surface area contributed by atoms with Crippen LogP contribution in [0.2, 0.25) is 0 Å². The third-order valence-corrected chi connectivity index (χ3v) is 4.35. The molecular weight excluding hydrogens is 300 g/mol. The lowest BCUT2D eigenvalue weighted by Crippen LogP contribution is -2.44. The Balaban J connectivity index is 1.69. The van der Waals surface area contributed by atoms with Gasteiger partial charge in [0.25, 0.3) is 0 Å². The molecule has 1 aliphatic carbocycles. The van der Waals surface area contributed by atoms with E-state index in [0.717, 1.165) is 29.5 Å². The number of likely N-dealkylation sites (N-methyl/N-ethyl adjacent to an activating group) is 1. The number of nitrogens with one attached hydrogen (secondary N) is 1. The highest BCUT2D eigenvalue weighted by atomic mass is 19.1. The maximum Gasteiger partial charge on any atom is 0.149 e. The van der Waals surface area contributed by atoms with Crippen molar-refractivity contribution < 1.29 is 8.78 Å². The Morgan fingerprint density at radius 1 is 1.26 bits per heavy atom. The summed E-state index contributed by atoms with van der Waals surface area (Å²) in [7, 11) is 1.96. The third-order valence-electron chi connectivity index (χ3n) is 4.35. The maximum absolute atomic E-state index is 14.1. The fourth-order valence-electron chi connectivity index (χ4n) is 3.42. The van der Waals surface area contributed by atoms with Gasteiger partial charge in [0.15, 0.2) is 0 Å². The summed E-state index contributed by atoms with van der Waals surface area (Å²) in [5, 5.41) is 1.44. The number of rotatable bonds is 1. The standard InChI is InChI=1S/C16H17F2N5/c1-21-9-22(15-5-3-11(17)6-13(15)18)7-10-2-4-14-12(16(10)21)8-23(19)20-14/h3-6,8,20H,2,7,9,19H2,1H3. The molecule has 2 heterocycles. The number of hydrogen-bond acceptors (Lipinski definition) is 5. The van der Waals surface area contributed by atoms with Gasteiger partial charge in [0.2, 0.25) is 0 Å². The van der Waals surface area contributed by atoms with Crippen molar-refractivity contribution >= 4 is 5.69 Å². The monoisotopic (exact) mass is 317 g/mol. The highest BCUT2D eigenvalue weighted by molar-refractivity contribution is 5.58. The number of fused-ring (bicyclic) bond motifs is 2. The van der Waals surface area contributed by atoms with Crippen LogP contribution in [0, 0.1) is 11.6 Å². The summed E-state index contributed by atoms with van der Waals surface area (Å²) in [6, 6.07) is 3.71. The van der Waals surface area contributed by atoms with Crippen molar-refractivity contribution in [3.63, 3.8) is 0 Å². The van der Waals surface area contributed by atoms with E-state index in [0.29, 0.717) is 18.9 Å². The van der Waals surface area contributed by atoms with E-state index in [1.165, 1.54) is 22.8 Å². The number of anilines is 1. The normalized spacial score (nSPS) is 20.1. The van der Waals surface area contributed by atoms with Crippen LogP contribution in [0.3, 0.4) is 0 Å². The first-order valence-electron chi connectivity index (χ1n) is 7.39. The second kappa shape index (κ2) is 4.99. The molecule has 0 bridgehead atoms. The average molecular weight is 317 g/mol. The summed E-state index contributed by atoms with van der Waals surface area (Å²) in [5.74, 6) is 4.68. The fourth-order valence-corrected chi connectivity index (χ4v) is 3.42. The second-order valence-corrected chi connectivity index (χ2v) is 5.97. The van der Waals surface area contributed by atoms with Crippen LogP contribution in [0.15, 0.2) is 53.0 Å². The Hall–Kier alpha value is -2.54. The lowest BCUT2D eigenvalue weighted by Gasteiger charge is -2.41. The van der Waals surface area contributed by atoms with E-state index >= 15 is 0 Å². The van der Waals surface area contributed by atoms with E-state index in [1.54, 1.807) is 0 Å². The molecule has 23 heavy (non-hydrogen) atoms. The molecule has 1 aromatic rings. The van der Waals surface area contributed by atoms with E-state index < -0.39 is 11.6 Å². The van der Waals surface area contributed by atoms with E-state index in [4.69, 9.17) is 5.84 Å². The van der Waals surface area contributed by atoms with Gasteiger partial charge in [0, 0.05) is 25.2 Å². The summed E-state index contributed by atoms with van der Waals surface area (Å²) in [6.07, 6.45) is 4.70. The minimum absolute atomic E-state index is 0.415. The van der Waals surface area contributed by atoms with Crippen molar-refractivity contribution in [3.05, 3.63) is 64.6 Å². The predicted molar refractivity (Wildman–Crippen MR) is 83.3 cm³/mol. The molecular formula is C16H17F2N5. The topological polar surface area (TPSA) is 47.8 Å². The van der Waals surface area contributed by atoms with Crippen LogP contribution in [-0.2, 0) is 0 Å². The van der Waals surface area contributed by atoms with Crippen molar-refractivity contribution in [2.45, 2.75) is 6.42 Å². The number of halogens is 2. The molecule has 0 atom stereocenters. The van der Waals surface area contributed by atoms with Gasteiger partial charge in [0.1, 0.15) is 11.6 Å². The van der Waals surface area contributed by atoms with Crippen molar-refractivity contribution in [3.8, 4) is 0 Å². The Labute approximate surface area is 132 Å². The van der Waals surface area contributed by atoms with Gasteiger partial charge in [-0.15, -0.1) is 0 Å². The van der Waals surface area contributed by atoms with Crippen molar-refractivity contribution in [2.24, 2.45) is 5.84 Å². The van der Waals surface area contributed by atoms with Gasteiger partial charge in [-0.25, -0.2) is 19.7 Å². The largest absolute Gasteiger partial charge is 0.356 e. The van der Waals surface area contributed by atoms with Crippen LogP contribution in [0.4, 0.5) is 14.5 Å². The van der Waals surface area contributed by atoms with E-state index in [9.17, 15) is 8.78 Å². The highest BCUT2D eigenvalue weighted by Gasteiger charge is 2.32. The van der Waals surface area contributed by atoms with E-state index in [2.05, 4.69) is 16.4 Å². The zero-order chi connectivity index (χ0) is 16.1. The van der Waals surface area contributed by atoms with Gasteiger partial charge < -0.3 is 9.80 Å². The van der Waals surface area contributed by atoms with Gasteiger partial charge in [-0.2, -0.15) is 0 Å². The van der Waals surface area contributed by atoms with Crippen molar-refractivity contribution in [2.75, 3.05) is 25.2 Å². The summed E-state index contributed by atoms with van der Waals surface area (Å²) in [6.45, 7) is 1.13. The zero-order valence-electron chi connectivity index (χ0n) is 12.7. The van der Waals surface area contributed by atoms with Crippen LogP contribution in [-0.4, -0.2) is 30.3 Å². The molecule has 0 aromatic heterocycles. The van der Waals surface area contributed by atoms with Crippen molar-refractivity contribution in [1.82, 2.24) is 15.4 Å². The van der Waals surface area contributed by atoms with Crippen LogP contribution in [0.5, 0.6) is 0 Å². The first kappa shape index (κ1) is 14.1. The van der Waals surface area contributed by atoms with Crippen LogP contribution in [0.1, 0.15) is 6.42 Å². The molecule has 0 saturated carbocycles. The molecule has 120 valence electrons. The molecule has 5 nitrogen and oxygen atoms in total. The zero-order valence-corrected chi connectivity index (χ0v) is 12.7. The smallest absolute Gasteiger partial charge is 0.149 e. The number of hydrogen-bond donors (Lipinski definition) is 2. The van der Waals surface area contributed by atoms with Crippen molar-refractivity contribution in [1.29, 1.82) is 0 Å².